The van der Waals surface area contributed by atoms with Crippen molar-refractivity contribution >= 4 is 50.5 Å². The van der Waals surface area contributed by atoms with E-state index in [9.17, 15) is 17.6 Å². The second kappa shape index (κ2) is 9.04. The lowest BCUT2D eigenvalue weighted by molar-refractivity contribution is 0.102. The van der Waals surface area contributed by atoms with Gasteiger partial charge in [-0.25, -0.2) is 12.8 Å². The maximum absolute atomic E-state index is 13.1. The van der Waals surface area contributed by atoms with Crippen molar-refractivity contribution in [3.63, 3.8) is 0 Å². The molecule has 0 heterocycles. The van der Waals surface area contributed by atoms with E-state index < -0.39 is 21.7 Å². The van der Waals surface area contributed by atoms with E-state index in [0.717, 1.165) is 6.26 Å². The maximum Gasteiger partial charge on any atom is 0.255 e. The fourth-order valence-corrected chi connectivity index (χ4v) is 3.95. The van der Waals surface area contributed by atoms with Crippen LogP contribution in [-0.4, -0.2) is 20.6 Å². The average molecular weight is 467 g/mol. The van der Waals surface area contributed by atoms with Gasteiger partial charge in [-0.15, -0.1) is 0 Å². The molecular formula is C21H17Cl2FN2O3S. The van der Waals surface area contributed by atoms with Crippen LogP contribution in [0.5, 0.6) is 0 Å². The number of sulfonamides is 1. The van der Waals surface area contributed by atoms with E-state index in [2.05, 4.69) is 5.32 Å². The summed E-state index contributed by atoms with van der Waals surface area (Å²) < 4.78 is 38.9. The van der Waals surface area contributed by atoms with Crippen molar-refractivity contribution in [3.8, 4) is 0 Å². The van der Waals surface area contributed by atoms with E-state index in [1.807, 2.05) is 0 Å². The number of anilines is 2. The zero-order chi connectivity index (χ0) is 21.9. The van der Waals surface area contributed by atoms with Gasteiger partial charge in [0.05, 0.1) is 29.2 Å². The number of carbonyl (C=O) groups is 1. The van der Waals surface area contributed by atoms with Gasteiger partial charge in [-0.2, -0.15) is 0 Å². The molecule has 0 bridgehead atoms. The van der Waals surface area contributed by atoms with Crippen LogP contribution in [0.15, 0.2) is 66.7 Å². The molecule has 0 fully saturated rings. The molecule has 1 N–H and O–H groups in total. The fraction of sp³-hybridized carbons (Fsp3) is 0.0952. The van der Waals surface area contributed by atoms with Crippen molar-refractivity contribution in [1.29, 1.82) is 0 Å². The summed E-state index contributed by atoms with van der Waals surface area (Å²) >= 11 is 12.0. The van der Waals surface area contributed by atoms with E-state index in [1.54, 1.807) is 12.1 Å². The third-order valence-corrected chi connectivity index (χ3v) is 5.94. The van der Waals surface area contributed by atoms with Crippen LogP contribution in [0.3, 0.4) is 0 Å². The van der Waals surface area contributed by atoms with Crippen LogP contribution in [0.4, 0.5) is 15.8 Å². The maximum atomic E-state index is 13.1. The van der Waals surface area contributed by atoms with Crippen molar-refractivity contribution in [2.24, 2.45) is 0 Å². The summed E-state index contributed by atoms with van der Waals surface area (Å²) in [6, 6.07) is 16.3. The van der Waals surface area contributed by atoms with Crippen molar-refractivity contribution in [1.82, 2.24) is 0 Å². The molecule has 3 rings (SSSR count). The molecule has 5 nitrogen and oxygen atoms in total. The van der Waals surface area contributed by atoms with Crippen molar-refractivity contribution in [2.75, 3.05) is 15.9 Å². The summed E-state index contributed by atoms with van der Waals surface area (Å²) in [5.41, 5.74) is 1.68. The molecule has 0 aromatic heterocycles. The largest absolute Gasteiger partial charge is 0.321 e. The number of halogens is 3. The first-order valence-electron chi connectivity index (χ1n) is 8.72. The lowest BCUT2D eigenvalue weighted by Gasteiger charge is -2.22. The third-order valence-electron chi connectivity index (χ3n) is 4.23. The summed E-state index contributed by atoms with van der Waals surface area (Å²) in [5, 5.41) is 3.43. The lowest BCUT2D eigenvalue weighted by atomic mass is 10.1. The monoisotopic (exact) mass is 466 g/mol. The number of nitrogens with one attached hydrogen (secondary N) is 1. The predicted octanol–water partition coefficient (Wildman–Crippen LogP) is 5.35. The summed E-state index contributed by atoms with van der Waals surface area (Å²) in [5.74, 6) is -0.824. The lowest BCUT2D eigenvalue weighted by Crippen LogP contribution is -2.29. The molecule has 0 radical (unpaired) electrons. The van der Waals surface area contributed by atoms with E-state index in [1.165, 1.54) is 58.9 Å². The number of hydrogen-bond donors (Lipinski definition) is 1. The molecule has 9 heteroatoms. The van der Waals surface area contributed by atoms with Gasteiger partial charge in [0.25, 0.3) is 5.91 Å². The van der Waals surface area contributed by atoms with Gasteiger partial charge in [-0.3, -0.25) is 9.10 Å². The van der Waals surface area contributed by atoms with Gasteiger partial charge < -0.3 is 5.32 Å². The SMILES string of the molecule is CS(=O)(=O)N(Cc1ccc(F)cc1)c1ccc(C(=O)Nc2cc(Cl)ccc2Cl)cc1. The normalized spacial score (nSPS) is 11.2. The Kier molecular flexibility index (Phi) is 6.65. The first kappa shape index (κ1) is 22.1. The van der Waals surface area contributed by atoms with Crippen molar-refractivity contribution < 1.29 is 17.6 Å². The minimum atomic E-state index is -3.61. The minimum Gasteiger partial charge on any atom is -0.321 e. The smallest absolute Gasteiger partial charge is 0.255 e. The van der Waals surface area contributed by atoms with Crippen LogP contribution in [-0.2, 0) is 16.6 Å². The van der Waals surface area contributed by atoms with Crippen LogP contribution in [0, 0.1) is 5.82 Å². The molecule has 3 aromatic rings. The highest BCUT2D eigenvalue weighted by atomic mass is 35.5. The standard InChI is InChI=1S/C21H17Cl2FN2O3S/c1-30(28,29)26(13-14-2-7-17(24)8-3-14)18-9-4-15(5-10-18)21(27)25-20-12-16(22)6-11-19(20)23/h2-12H,13H2,1H3,(H,25,27). The van der Waals surface area contributed by atoms with Crippen molar-refractivity contribution in [2.45, 2.75) is 6.54 Å². The van der Waals surface area contributed by atoms with Crippen LogP contribution >= 0.6 is 23.2 Å². The van der Waals surface area contributed by atoms with Gasteiger partial charge in [0.2, 0.25) is 10.0 Å². The first-order chi connectivity index (χ1) is 14.1. The second-order valence-corrected chi connectivity index (χ2v) is 9.27. The number of nitrogens with zero attached hydrogens (tertiary/aromatic N) is 1. The van der Waals surface area contributed by atoms with E-state index in [0.29, 0.717) is 32.5 Å². The summed E-state index contributed by atoms with van der Waals surface area (Å²) in [4.78, 5) is 12.5. The Hall–Kier alpha value is -2.61. The quantitative estimate of drug-likeness (QED) is 0.532. The van der Waals surface area contributed by atoms with Gasteiger partial charge >= 0.3 is 0 Å². The molecule has 0 saturated carbocycles. The molecule has 0 saturated heterocycles. The molecule has 30 heavy (non-hydrogen) atoms. The molecule has 0 atom stereocenters. The number of benzene rings is 3. The molecule has 0 aliphatic carbocycles. The average Bonchev–Trinajstić information content (AvgIpc) is 2.69. The van der Waals surface area contributed by atoms with Crippen LogP contribution in [0.1, 0.15) is 15.9 Å². The summed E-state index contributed by atoms with van der Waals surface area (Å²) in [6.45, 7) is 0.0305. The van der Waals surface area contributed by atoms with Crippen LogP contribution in [0.25, 0.3) is 0 Å². The molecule has 0 aliphatic rings. The molecular weight excluding hydrogens is 450 g/mol. The van der Waals surface area contributed by atoms with Gasteiger partial charge in [0.15, 0.2) is 0 Å². The van der Waals surface area contributed by atoms with Gasteiger partial charge in [-0.05, 0) is 60.2 Å². The van der Waals surface area contributed by atoms with Crippen LogP contribution < -0.4 is 9.62 Å². The zero-order valence-electron chi connectivity index (χ0n) is 15.8. The topological polar surface area (TPSA) is 66.5 Å². The van der Waals surface area contributed by atoms with E-state index >= 15 is 0 Å². The van der Waals surface area contributed by atoms with Gasteiger partial charge in [0, 0.05) is 10.6 Å². The van der Waals surface area contributed by atoms with Crippen LogP contribution in [0.2, 0.25) is 10.0 Å². The Bertz CT molecular complexity index is 1170. The zero-order valence-corrected chi connectivity index (χ0v) is 18.1. The number of amides is 1. The first-order valence-corrected chi connectivity index (χ1v) is 11.3. The molecule has 0 spiro atoms. The number of carbonyl (C=O) groups excluding carboxylic acids is 1. The van der Waals surface area contributed by atoms with E-state index in [4.69, 9.17) is 23.2 Å². The van der Waals surface area contributed by atoms with Gasteiger partial charge in [0.1, 0.15) is 5.82 Å². The Morgan fingerprint density at radius 3 is 2.23 bits per heavy atom. The Labute approximate surface area is 184 Å². The van der Waals surface area contributed by atoms with Crippen molar-refractivity contribution in [3.05, 3.63) is 93.7 Å². The summed E-state index contributed by atoms with van der Waals surface area (Å²) in [7, 11) is -3.61. The Balaban J connectivity index is 1.81. The third kappa shape index (κ3) is 5.50. The van der Waals surface area contributed by atoms with E-state index in [-0.39, 0.29) is 6.54 Å². The highest BCUT2D eigenvalue weighted by Gasteiger charge is 2.19. The van der Waals surface area contributed by atoms with Gasteiger partial charge in [-0.1, -0.05) is 35.3 Å². The number of rotatable bonds is 6. The molecule has 0 aliphatic heterocycles. The second-order valence-electron chi connectivity index (χ2n) is 6.52. The predicted molar refractivity (Wildman–Crippen MR) is 118 cm³/mol. The summed E-state index contributed by atoms with van der Waals surface area (Å²) in [6.07, 6.45) is 1.08. The Morgan fingerprint density at radius 2 is 1.63 bits per heavy atom. The highest BCUT2D eigenvalue weighted by molar-refractivity contribution is 7.92. The number of hydrogen-bond acceptors (Lipinski definition) is 3. The molecule has 3 aromatic carbocycles. The fourth-order valence-electron chi connectivity index (χ4n) is 2.72. The molecule has 156 valence electrons. The highest BCUT2D eigenvalue weighted by Crippen LogP contribution is 2.26. The molecule has 0 unspecified atom stereocenters. The molecule has 1 amide bonds. The Morgan fingerprint density at radius 1 is 1.00 bits per heavy atom. The minimum absolute atomic E-state index is 0.0305.